The number of hydrogen-bond acceptors (Lipinski definition) is 5. The van der Waals surface area contributed by atoms with Crippen LogP contribution in [-0.2, 0) is 11.3 Å². The number of aryl methyl sites for hydroxylation is 1. The Morgan fingerprint density at radius 3 is 2.92 bits per heavy atom. The summed E-state index contributed by atoms with van der Waals surface area (Å²) < 4.78 is 7.31. The number of benzene rings is 1. The van der Waals surface area contributed by atoms with E-state index in [0.717, 1.165) is 17.2 Å². The topological polar surface area (TPSA) is 64.2 Å². The summed E-state index contributed by atoms with van der Waals surface area (Å²) in [4.78, 5) is 14.0. The molecular formula is C17H17ClN4O2S. The highest BCUT2D eigenvalue weighted by Crippen LogP contribution is 2.22. The van der Waals surface area contributed by atoms with Gasteiger partial charge in [0.2, 0.25) is 5.91 Å². The van der Waals surface area contributed by atoms with E-state index in [1.807, 2.05) is 37.3 Å². The largest absolute Gasteiger partial charge is 0.464 e. The number of furan rings is 1. The Bertz CT molecular complexity index is 877. The number of carbonyl (C=O) groups is 1. The first-order valence-corrected chi connectivity index (χ1v) is 8.97. The van der Waals surface area contributed by atoms with E-state index in [9.17, 15) is 4.79 Å². The Labute approximate surface area is 154 Å². The minimum absolute atomic E-state index is 0.0142. The standard InChI is InChI=1S/C17H17ClN4O2S/c1-12-6-7-15(24-12)9-21(2)16(23)10-25-17-20-19-11-22(17)14-5-3-4-13(18)8-14/h3-8,11H,9-10H2,1-2H3. The highest BCUT2D eigenvalue weighted by molar-refractivity contribution is 7.99. The number of nitrogens with zero attached hydrogens (tertiary/aromatic N) is 4. The van der Waals surface area contributed by atoms with E-state index < -0.39 is 0 Å². The van der Waals surface area contributed by atoms with Gasteiger partial charge in [0.25, 0.3) is 0 Å². The lowest BCUT2D eigenvalue weighted by Crippen LogP contribution is -2.27. The van der Waals surface area contributed by atoms with Gasteiger partial charge < -0.3 is 9.32 Å². The summed E-state index contributed by atoms with van der Waals surface area (Å²) in [5.41, 5.74) is 0.854. The summed E-state index contributed by atoms with van der Waals surface area (Å²) in [6, 6.07) is 11.2. The lowest BCUT2D eigenvalue weighted by Gasteiger charge is -2.15. The van der Waals surface area contributed by atoms with Crippen LogP contribution in [0, 0.1) is 6.92 Å². The van der Waals surface area contributed by atoms with Gasteiger partial charge in [0.1, 0.15) is 17.8 Å². The van der Waals surface area contributed by atoms with Gasteiger partial charge >= 0.3 is 0 Å². The van der Waals surface area contributed by atoms with E-state index in [2.05, 4.69) is 10.2 Å². The van der Waals surface area contributed by atoms with Gasteiger partial charge in [-0.2, -0.15) is 0 Å². The summed E-state index contributed by atoms with van der Waals surface area (Å²) in [6.07, 6.45) is 1.60. The van der Waals surface area contributed by atoms with Crippen LogP contribution in [0.15, 0.2) is 52.3 Å². The maximum absolute atomic E-state index is 12.3. The van der Waals surface area contributed by atoms with Crippen molar-refractivity contribution >= 4 is 29.3 Å². The second-order valence-electron chi connectivity index (χ2n) is 5.51. The molecule has 8 heteroatoms. The van der Waals surface area contributed by atoms with Crippen molar-refractivity contribution in [1.82, 2.24) is 19.7 Å². The van der Waals surface area contributed by atoms with Crippen LogP contribution >= 0.6 is 23.4 Å². The van der Waals surface area contributed by atoms with Crippen LogP contribution in [0.5, 0.6) is 0 Å². The average Bonchev–Trinajstić information content (AvgIpc) is 3.21. The zero-order valence-corrected chi connectivity index (χ0v) is 15.4. The van der Waals surface area contributed by atoms with Crippen LogP contribution in [0.25, 0.3) is 5.69 Å². The van der Waals surface area contributed by atoms with Gasteiger partial charge in [-0.05, 0) is 37.3 Å². The van der Waals surface area contributed by atoms with E-state index >= 15 is 0 Å². The molecule has 1 aromatic carbocycles. The minimum Gasteiger partial charge on any atom is -0.464 e. The number of hydrogen-bond donors (Lipinski definition) is 0. The van der Waals surface area contributed by atoms with Crippen molar-refractivity contribution in [2.45, 2.75) is 18.6 Å². The molecule has 6 nitrogen and oxygen atoms in total. The monoisotopic (exact) mass is 376 g/mol. The molecule has 0 saturated heterocycles. The van der Waals surface area contributed by atoms with E-state index in [0.29, 0.717) is 16.7 Å². The molecule has 0 aliphatic carbocycles. The minimum atomic E-state index is -0.0142. The molecule has 0 unspecified atom stereocenters. The van der Waals surface area contributed by atoms with Crippen molar-refractivity contribution in [1.29, 1.82) is 0 Å². The Kier molecular flexibility index (Phi) is 5.45. The van der Waals surface area contributed by atoms with Crippen molar-refractivity contribution in [3.8, 4) is 5.69 Å². The molecule has 0 N–H and O–H groups in total. The maximum Gasteiger partial charge on any atom is 0.233 e. The van der Waals surface area contributed by atoms with Crippen molar-refractivity contribution in [3.05, 3.63) is 59.3 Å². The van der Waals surface area contributed by atoms with Crippen LogP contribution in [-0.4, -0.2) is 38.4 Å². The quantitative estimate of drug-likeness (QED) is 0.615. The second-order valence-corrected chi connectivity index (χ2v) is 6.89. The molecule has 1 amide bonds. The van der Waals surface area contributed by atoms with Crippen LogP contribution in [0.4, 0.5) is 0 Å². The average molecular weight is 377 g/mol. The third kappa shape index (κ3) is 4.43. The summed E-state index contributed by atoms with van der Waals surface area (Å²) in [6.45, 7) is 2.32. The van der Waals surface area contributed by atoms with E-state index in [4.69, 9.17) is 16.0 Å². The molecule has 3 aromatic rings. The van der Waals surface area contributed by atoms with E-state index in [1.165, 1.54) is 11.8 Å². The lowest BCUT2D eigenvalue weighted by molar-refractivity contribution is -0.127. The number of rotatable bonds is 6. The first-order valence-electron chi connectivity index (χ1n) is 7.61. The Balaban J connectivity index is 1.62. The predicted octanol–water partition coefficient (Wildman–Crippen LogP) is 3.57. The molecule has 3 rings (SSSR count). The number of thioether (sulfide) groups is 1. The fourth-order valence-corrected chi connectivity index (χ4v) is 3.31. The van der Waals surface area contributed by atoms with Crippen molar-refractivity contribution in [2.24, 2.45) is 0 Å². The van der Waals surface area contributed by atoms with Crippen LogP contribution < -0.4 is 0 Å². The smallest absolute Gasteiger partial charge is 0.233 e. The Morgan fingerprint density at radius 2 is 2.20 bits per heavy atom. The summed E-state index contributed by atoms with van der Waals surface area (Å²) >= 11 is 7.36. The molecule has 0 fully saturated rings. The molecule has 2 heterocycles. The van der Waals surface area contributed by atoms with Gasteiger partial charge in [0.05, 0.1) is 18.0 Å². The number of carbonyl (C=O) groups excluding carboxylic acids is 1. The van der Waals surface area contributed by atoms with E-state index in [1.54, 1.807) is 28.9 Å². The van der Waals surface area contributed by atoms with Crippen LogP contribution in [0.3, 0.4) is 0 Å². The summed E-state index contributed by atoms with van der Waals surface area (Å²) in [7, 11) is 1.75. The third-order valence-corrected chi connectivity index (χ3v) is 4.71. The molecule has 0 bridgehead atoms. The van der Waals surface area contributed by atoms with Crippen molar-refractivity contribution in [3.63, 3.8) is 0 Å². The van der Waals surface area contributed by atoms with Crippen molar-refractivity contribution in [2.75, 3.05) is 12.8 Å². The second kappa shape index (κ2) is 7.76. The molecule has 0 aliphatic rings. The first-order chi connectivity index (χ1) is 12.0. The summed E-state index contributed by atoms with van der Waals surface area (Å²) in [5, 5.41) is 9.28. The molecule has 25 heavy (non-hydrogen) atoms. The van der Waals surface area contributed by atoms with Gasteiger partial charge in [-0.3, -0.25) is 9.36 Å². The third-order valence-electron chi connectivity index (χ3n) is 3.54. The number of amides is 1. The van der Waals surface area contributed by atoms with Gasteiger partial charge in [-0.15, -0.1) is 10.2 Å². The molecule has 0 atom stereocenters. The molecule has 0 radical (unpaired) electrons. The van der Waals surface area contributed by atoms with Gasteiger partial charge in [0.15, 0.2) is 5.16 Å². The fraction of sp³-hybridized carbons (Fsp3) is 0.235. The molecular weight excluding hydrogens is 360 g/mol. The number of halogens is 1. The zero-order chi connectivity index (χ0) is 17.8. The first kappa shape index (κ1) is 17.6. The zero-order valence-electron chi connectivity index (χ0n) is 13.8. The molecule has 130 valence electrons. The normalized spacial score (nSPS) is 10.8. The molecule has 0 saturated carbocycles. The highest BCUT2D eigenvalue weighted by atomic mass is 35.5. The highest BCUT2D eigenvalue weighted by Gasteiger charge is 2.14. The Morgan fingerprint density at radius 1 is 1.36 bits per heavy atom. The van der Waals surface area contributed by atoms with E-state index in [-0.39, 0.29) is 11.7 Å². The maximum atomic E-state index is 12.3. The Hall–Kier alpha value is -2.25. The predicted molar refractivity (Wildman–Crippen MR) is 97.0 cm³/mol. The van der Waals surface area contributed by atoms with Crippen molar-refractivity contribution < 1.29 is 9.21 Å². The summed E-state index contributed by atoms with van der Waals surface area (Å²) in [5.74, 6) is 1.84. The molecule has 0 aliphatic heterocycles. The van der Waals surface area contributed by atoms with Gasteiger partial charge in [0, 0.05) is 12.1 Å². The number of aromatic nitrogens is 3. The lowest BCUT2D eigenvalue weighted by atomic mass is 10.3. The fourth-order valence-electron chi connectivity index (χ4n) is 2.25. The van der Waals surface area contributed by atoms with Gasteiger partial charge in [-0.1, -0.05) is 29.4 Å². The van der Waals surface area contributed by atoms with Gasteiger partial charge in [-0.25, -0.2) is 0 Å². The van der Waals surface area contributed by atoms with Crippen LogP contribution in [0.1, 0.15) is 11.5 Å². The SMILES string of the molecule is Cc1ccc(CN(C)C(=O)CSc2nncn2-c2cccc(Cl)c2)o1. The molecule has 0 spiro atoms. The molecule has 2 aromatic heterocycles. The van der Waals surface area contributed by atoms with Crippen LogP contribution in [0.2, 0.25) is 5.02 Å².